The lowest BCUT2D eigenvalue weighted by atomic mass is 9.87. The molecule has 0 amide bonds. The summed E-state index contributed by atoms with van der Waals surface area (Å²) < 4.78 is 1.84. The van der Waals surface area contributed by atoms with E-state index in [-0.39, 0.29) is 9.15 Å². The summed E-state index contributed by atoms with van der Waals surface area (Å²) in [6, 6.07) is 19.8. The minimum absolute atomic E-state index is 0.0958. The highest BCUT2D eigenvalue weighted by molar-refractivity contribution is 9.12. The van der Waals surface area contributed by atoms with Crippen molar-refractivity contribution in [1.29, 1.82) is 0 Å². The second-order valence-electron chi connectivity index (χ2n) is 6.81. The average Bonchev–Trinajstić information content (AvgIpc) is 2.86. The lowest BCUT2D eigenvalue weighted by Crippen LogP contribution is -2.23. The van der Waals surface area contributed by atoms with Crippen molar-refractivity contribution in [3.05, 3.63) is 91.4 Å². The first-order chi connectivity index (χ1) is 12.3. The highest BCUT2D eigenvalue weighted by Gasteiger charge is 2.47. The Kier molecular flexibility index (Phi) is 5.00. The molecular formula is C22H16Br4. The van der Waals surface area contributed by atoms with Crippen molar-refractivity contribution in [3.63, 3.8) is 0 Å². The molecule has 0 N–H and O–H groups in total. The first-order valence-electron chi connectivity index (χ1n) is 8.33. The third-order valence-electron chi connectivity index (χ3n) is 5.09. The van der Waals surface area contributed by atoms with Gasteiger partial charge in [0.1, 0.15) is 0 Å². The molecule has 0 spiro atoms. The fraction of sp³-hybridized carbons (Fsp3) is 0.182. The van der Waals surface area contributed by atoms with Gasteiger partial charge in [-0.2, -0.15) is 0 Å². The standard InChI is InChI=1S/C22H16Br4/c1-12-3-4-13(2)18(9-12)21(25)22(26)19-10-14(23)5-7-16(19)17-8-6-15(24)11-20(17)22/h3-11,21H,1-2H3. The number of rotatable bonds is 2. The van der Waals surface area contributed by atoms with Crippen LogP contribution in [0.2, 0.25) is 0 Å². The third kappa shape index (κ3) is 2.88. The highest BCUT2D eigenvalue weighted by Crippen LogP contribution is 2.62. The molecule has 3 aromatic carbocycles. The SMILES string of the molecule is Cc1ccc(C)c(C(Br)C2(Br)c3cc(Br)ccc3-c3ccc(Br)cc32)c1. The molecule has 1 atom stereocenters. The van der Waals surface area contributed by atoms with Gasteiger partial charge in [-0.05, 0) is 71.5 Å². The Morgan fingerprint density at radius 3 is 1.85 bits per heavy atom. The molecule has 4 rings (SSSR count). The molecule has 0 saturated heterocycles. The zero-order chi connectivity index (χ0) is 18.6. The summed E-state index contributed by atoms with van der Waals surface area (Å²) in [4.78, 5) is 0.0958. The van der Waals surface area contributed by atoms with E-state index in [0.29, 0.717) is 0 Å². The van der Waals surface area contributed by atoms with E-state index >= 15 is 0 Å². The third-order valence-corrected chi connectivity index (χ3v) is 9.19. The minimum atomic E-state index is -0.343. The van der Waals surface area contributed by atoms with Crippen LogP contribution in [-0.2, 0) is 4.32 Å². The fourth-order valence-electron chi connectivity index (χ4n) is 3.77. The van der Waals surface area contributed by atoms with Crippen molar-refractivity contribution in [3.8, 4) is 11.1 Å². The topological polar surface area (TPSA) is 0 Å². The molecule has 3 aromatic rings. The fourth-order valence-corrected chi connectivity index (χ4v) is 6.38. The minimum Gasteiger partial charge on any atom is -0.0816 e. The first kappa shape index (κ1) is 18.9. The number of fused-ring (bicyclic) bond motifs is 3. The van der Waals surface area contributed by atoms with Crippen LogP contribution in [-0.4, -0.2) is 0 Å². The summed E-state index contributed by atoms with van der Waals surface area (Å²) in [6.07, 6.45) is 0. The first-order valence-corrected chi connectivity index (χ1v) is 11.6. The molecule has 0 saturated carbocycles. The van der Waals surface area contributed by atoms with Crippen LogP contribution < -0.4 is 0 Å². The Hall–Kier alpha value is -0.420. The molecule has 132 valence electrons. The van der Waals surface area contributed by atoms with E-state index in [1.807, 2.05) is 0 Å². The largest absolute Gasteiger partial charge is 0.0933 e. The summed E-state index contributed by atoms with van der Waals surface area (Å²) in [5, 5.41) is 0. The van der Waals surface area contributed by atoms with Crippen LogP contribution in [0.25, 0.3) is 11.1 Å². The van der Waals surface area contributed by atoms with Gasteiger partial charge in [0, 0.05) is 8.95 Å². The van der Waals surface area contributed by atoms with Crippen LogP contribution in [0.4, 0.5) is 0 Å². The molecule has 0 aromatic heterocycles. The van der Waals surface area contributed by atoms with Gasteiger partial charge in [0.25, 0.3) is 0 Å². The number of alkyl halides is 2. The van der Waals surface area contributed by atoms with Crippen LogP contribution in [0.5, 0.6) is 0 Å². The van der Waals surface area contributed by atoms with E-state index in [2.05, 4.69) is 132 Å². The molecule has 0 heterocycles. The van der Waals surface area contributed by atoms with Crippen molar-refractivity contribution in [2.45, 2.75) is 23.0 Å². The smallest absolute Gasteiger partial charge is 0.0816 e. The average molecular weight is 600 g/mol. The van der Waals surface area contributed by atoms with E-state index in [0.717, 1.165) is 8.95 Å². The van der Waals surface area contributed by atoms with E-state index in [4.69, 9.17) is 0 Å². The molecule has 0 aliphatic heterocycles. The van der Waals surface area contributed by atoms with Gasteiger partial charge in [0.2, 0.25) is 0 Å². The molecule has 1 unspecified atom stereocenters. The van der Waals surface area contributed by atoms with E-state index < -0.39 is 0 Å². The molecule has 0 fully saturated rings. The van der Waals surface area contributed by atoms with Gasteiger partial charge < -0.3 is 0 Å². The van der Waals surface area contributed by atoms with Gasteiger partial charge in [-0.1, -0.05) is 99.6 Å². The van der Waals surface area contributed by atoms with Gasteiger partial charge in [-0.15, -0.1) is 0 Å². The zero-order valence-electron chi connectivity index (χ0n) is 14.3. The van der Waals surface area contributed by atoms with E-state index in [1.54, 1.807) is 0 Å². The van der Waals surface area contributed by atoms with E-state index in [9.17, 15) is 0 Å². The van der Waals surface area contributed by atoms with Crippen LogP contribution in [0.15, 0.2) is 63.5 Å². The second-order valence-corrected chi connectivity index (χ2v) is 10.8. The Labute approximate surface area is 187 Å². The Morgan fingerprint density at radius 2 is 1.31 bits per heavy atom. The number of hydrogen-bond donors (Lipinski definition) is 0. The van der Waals surface area contributed by atoms with Crippen LogP contribution in [0.3, 0.4) is 0 Å². The summed E-state index contributed by atoms with van der Waals surface area (Å²) >= 11 is 15.6. The normalized spacial score (nSPS) is 15.5. The number of halogens is 4. The second kappa shape index (κ2) is 6.88. The van der Waals surface area contributed by atoms with Crippen LogP contribution in [0, 0.1) is 13.8 Å². The van der Waals surface area contributed by atoms with Gasteiger partial charge in [-0.25, -0.2) is 0 Å². The van der Waals surface area contributed by atoms with Gasteiger partial charge >= 0.3 is 0 Å². The highest BCUT2D eigenvalue weighted by atomic mass is 79.9. The van der Waals surface area contributed by atoms with Gasteiger partial charge in [0.15, 0.2) is 0 Å². The maximum atomic E-state index is 4.18. The predicted molar refractivity (Wildman–Crippen MR) is 125 cm³/mol. The van der Waals surface area contributed by atoms with Crippen LogP contribution >= 0.6 is 63.7 Å². The maximum Gasteiger partial charge on any atom is 0.0933 e. The van der Waals surface area contributed by atoms with Crippen molar-refractivity contribution in [2.75, 3.05) is 0 Å². The Balaban J connectivity index is 2.01. The maximum absolute atomic E-state index is 4.18. The van der Waals surface area contributed by atoms with Gasteiger partial charge in [0.05, 0.1) is 9.15 Å². The monoisotopic (exact) mass is 596 g/mol. The van der Waals surface area contributed by atoms with Crippen molar-refractivity contribution in [1.82, 2.24) is 0 Å². The van der Waals surface area contributed by atoms with Crippen LogP contribution in [0.1, 0.15) is 32.6 Å². The van der Waals surface area contributed by atoms with E-state index in [1.165, 1.54) is 38.9 Å². The lowest BCUT2D eigenvalue weighted by Gasteiger charge is -2.32. The van der Waals surface area contributed by atoms with Crippen molar-refractivity contribution >= 4 is 63.7 Å². The Bertz CT molecular complexity index is 971. The number of hydrogen-bond acceptors (Lipinski definition) is 0. The summed E-state index contributed by atoms with van der Waals surface area (Å²) in [7, 11) is 0. The molecule has 1 aliphatic rings. The molecule has 4 heteroatoms. The lowest BCUT2D eigenvalue weighted by molar-refractivity contribution is 0.759. The molecule has 1 aliphatic carbocycles. The summed E-state index contributed by atoms with van der Waals surface area (Å²) in [5.41, 5.74) is 8.99. The van der Waals surface area contributed by atoms with Crippen molar-refractivity contribution < 1.29 is 0 Å². The molecular weight excluding hydrogens is 584 g/mol. The molecule has 0 radical (unpaired) electrons. The Morgan fingerprint density at radius 1 is 0.769 bits per heavy atom. The van der Waals surface area contributed by atoms with Crippen molar-refractivity contribution in [2.24, 2.45) is 0 Å². The number of benzene rings is 3. The molecule has 26 heavy (non-hydrogen) atoms. The number of aryl methyl sites for hydroxylation is 2. The van der Waals surface area contributed by atoms with Gasteiger partial charge in [-0.3, -0.25) is 0 Å². The zero-order valence-corrected chi connectivity index (χ0v) is 20.6. The quantitative estimate of drug-likeness (QED) is 0.259. The molecule has 0 bridgehead atoms. The molecule has 0 nitrogen and oxygen atoms in total. The summed E-state index contributed by atoms with van der Waals surface area (Å²) in [5.74, 6) is 0. The summed E-state index contributed by atoms with van der Waals surface area (Å²) in [6.45, 7) is 4.32. The predicted octanol–water partition coefficient (Wildman–Crippen LogP) is 8.58.